The molecule has 4 nitrogen and oxygen atoms in total. The van der Waals surface area contributed by atoms with Gasteiger partial charge < -0.3 is 15.7 Å². The first-order valence-corrected chi connectivity index (χ1v) is 11.5. The van der Waals surface area contributed by atoms with Crippen molar-refractivity contribution in [3.8, 4) is 0 Å². The van der Waals surface area contributed by atoms with Crippen LogP contribution in [0.5, 0.6) is 0 Å². The van der Waals surface area contributed by atoms with E-state index in [-0.39, 0.29) is 0 Å². The first kappa shape index (κ1) is 23.4. The number of aliphatic imine (C=N–C) groups is 1. The van der Waals surface area contributed by atoms with Crippen molar-refractivity contribution in [3.63, 3.8) is 0 Å². The monoisotopic (exact) mass is 367 g/mol. The van der Waals surface area contributed by atoms with Gasteiger partial charge in [-0.2, -0.15) is 0 Å². The predicted octanol–water partition coefficient (Wildman–Crippen LogP) is 4.89. The number of aliphatic hydroxyl groups is 1. The molecule has 1 rings (SSSR count). The number of nitrogens with two attached hydrogens (primary N) is 1. The number of aliphatic hydroxyl groups excluding tert-OH is 1. The number of hydrogen-bond donors (Lipinski definition) is 2. The van der Waals surface area contributed by atoms with Crippen LogP contribution in [-0.4, -0.2) is 48.6 Å². The van der Waals surface area contributed by atoms with Gasteiger partial charge in [-0.25, -0.2) is 0 Å². The van der Waals surface area contributed by atoms with Gasteiger partial charge in [0.15, 0.2) is 0 Å². The third-order valence-corrected chi connectivity index (χ3v) is 5.49. The summed E-state index contributed by atoms with van der Waals surface area (Å²) in [4.78, 5) is 6.99. The van der Waals surface area contributed by atoms with Crippen molar-refractivity contribution in [2.75, 3.05) is 32.8 Å². The zero-order valence-corrected chi connectivity index (χ0v) is 17.3. The summed E-state index contributed by atoms with van der Waals surface area (Å²) in [7, 11) is 0. The number of rotatable bonds is 19. The fraction of sp³-hybridized carbons (Fsp3) is 0.955. The van der Waals surface area contributed by atoms with E-state index in [2.05, 4.69) is 9.89 Å². The molecule has 3 N–H and O–H groups in total. The Bertz CT molecular complexity index is 333. The molecule has 0 spiro atoms. The van der Waals surface area contributed by atoms with E-state index in [1.807, 2.05) is 0 Å². The van der Waals surface area contributed by atoms with Crippen molar-refractivity contribution in [2.45, 2.75) is 103 Å². The fourth-order valence-electron chi connectivity index (χ4n) is 3.86. The maximum absolute atomic E-state index is 8.73. The van der Waals surface area contributed by atoms with Gasteiger partial charge in [-0.3, -0.25) is 4.99 Å². The van der Waals surface area contributed by atoms with Gasteiger partial charge >= 0.3 is 0 Å². The zero-order chi connectivity index (χ0) is 18.7. The summed E-state index contributed by atoms with van der Waals surface area (Å²) in [6.45, 7) is 4.13. The highest BCUT2D eigenvalue weighted by Gasteiger charge is 2.14. The zero-order valence-electron chi connectivity index (χ0n) is 17.3. The van der Waals surface area contributed by atoms with Gasteiger partial charge in [0.05, 0.1) is 12.4 Å². The van der Waals surface area contributed by atoms with Crippen LogP contribution in [0.4, 0.5) is 0 Å². The Balaban J connectivity index is 1.75. The second-order valence-corrected chi connectivity index (χ2v) is 7.85. The summed E-state index contributed by atoms with van der Waals surface area (Å²) in [5, 5.41) is 8.73. The molecule has 1 heterocycles. The van der Waals surface area contributed by atoms with E-state index in [4.69, 9.17) is 10.8 Å². The van der Waals surface area contributed by atoms with E-state index in [1.54, 1.807) is 0 Å². The van der Waals surface area contributed by atoms with E-state index < -0.39 is 0 Å². The van der Waals surface area contributed by atoms with E-state index >= 15 is 0 Å². The van der Waals surface area contributed by atoms with Crippen LogP contribution in [0.1, 0.15) is 103 Å². The normalized spacial score (nSPS) is 14.2. The van der Waals surface area contributed by atoms with Crippen molar-refractivity contribution in [1.82, 2.24) is 4.90 Å². The quantitative estimate of drug-likeness (QED) is 0.319. The van der Waals surface area contributed by atoms with Crippen LogP contribution in [0, 0.1) is 0 Å². The van der Waals surface area contributed by atoms with E-state index in [0.717, 1.165) is 39.0 Å². The molecule has 0 aliphatic carbocycles. The van der Waals surface area contributed by atoms with Gasteiger partial charge in [0.2, 0.25) is 0 Å². The van der Waals surface area contributed by atoms with Crippen molar-refractivity contribution < 1.29 is 5.11 Å². The second-order valence-electron chi connectivity index (χ2n) is 7.85. The largest absolute Gasteiger partial charge is 0.396 e. The predicted molar refractivity (Wildman–Crippen MR) is 114 cm³/mol. The molecule has 154 valence electrons. The van der Waals surface area contributed by atoms with Crippen molar-refractivity contribution in [2.24, 2.45) is 10.7 Å². The molecule has 1 aliphatic rings. The fourth-order valence-corrected chi connectivity index (χ4v) is 3.86. The molecular formula is C22H45N3O. The molecule has 0 fully saturated rings. The lowest BCUT2D eigenvalue weighted by atomic mass is 10.0. The molecule has 26 heavy (non-hydrogen) atoms. The number of amidine groups is 1. The van der Waals surface area contributed by atoms with Crippen LogP contribution in [0.3, 0.4) is 0 Å². The minimum absolute atomic E-state index is 0.364. The van der Waals surface area contributed by atoms with Gasteiger partial charge in [0.1, 0.15) is 0 Å². The first-order valence-electron chi connectivity index (χ1n) is 11.5. The number of nitrogens with zero attached hydrogens (tertiary/aromatic N) is 2. The summed E-state index contributed by atoms with van der Waals surface area (Å²) in [5.74, 6) is 1.31. The number of unbranched alkanes of at least 4 members (excludes halogenated alkanes) is 14. The summed E-state index contributed by atoms with van der Waals surface area (Å²) in [6, 6.07) is 0. The molecular weight excluding hydrogens is 322 g/mol. The molecule has 0 bridgehead atoms. The van der Waals surface area contributed by atoms with Crippen LogP contribution in [0.25, 0.3) is 0 Å². The SMILES string of the molecule is NCCN1CCN=C1CCCCCCCCCCCCCCCCCO. The Hall–Kier alpha value is -0.610. The topological polar surface area (TPSA) is 61.8 Å². The molecule has 0 saturated heterocycles. The molecule has 0 unspecified atom stereocenters. The highest BCUT2D eigenvalue weighted by Crippen LogP contribution is 2.14. The number of hydrogen-bond acceptors (Lipinski definition) is 4. The average Bonchev–Trinajstić information content (AvgIpc) is 3.09. The Morgan fingerprint density at radius 2 is 1.19 bits per heavy atom. The molecule has 0 radical (unpaired) electrons. The molecule has 0 aromatic heterocycles. The minimum atomic E-state index is 0.364. The second kappa shape index (κ2) is 17.8. The molecule has 0 atom stereocenters. The first-order chi connectivity index (χ1) is 12.9. The van der Waals surface area contributed by atoms with Gasteiger partial charge in [-0.1, -0.05) is 83.5 Å². The van der Waals surface area contributed by atoms with Gasteiger partial charge in [0.25, 0.3) is 0 Å². The summed E-state index contributed by atoms with van der Waals surface area (Å²) >= 11 is 0. The minimum Gasteiger partial charge on any atom is -0.396 e. The van der Waals surface area contributed by atoms with Gasteiger partial charge in [-0.15, -0.1) is 0 Å². The molecule has 0 saturated carbocycles. The van der Waals surface area contributed by atoms with Crippen LogP contribution in [0.2, 0.25) is 0 Å². The van der Waals surface area contributed by atoms with Crippen LogP contribution in [0.15, 0.2) is 4.99 Å². The van der Waals surface area contributed by atoms with Gasteiger partial charge in [-0.05, 0) is 12.8 Å². The average molecular weight is 368 g/mol. The standard InChI is InChI=1S/C22H45N3O/c23-17-19-25-20-18-24-22(25)16-14-12-10-8-6-4-2-1-3-5-7-9-11-13-15-21-26/h26H,1-21,23H2. The Morgan fingerprint density at radius 3 is 1.65 bits per heavy atom. The molecule has 1 aliphatic heterocycles. The Morgan fingerprint density at radius 1 is 0.731 bits per heavy atom. The third kappa shape index (κ3) is 12.7. The molecule has 4 heteroatoms. The van der Waals surface area contributed by atoms with Crippen molar-refractivity contribution in [3.05, 3.63) is 0 Å². The highest BCUT2D eigenvalue weighted by molar-refractivity contribution is 5.83. The molecule has 0 amide bonds. The highest BCUT2D eigenvalue weighted by atomic mass is 16.2. The molecule has 0 aromatic rings. The van der Waals surface area contributed by atoms with Crippen molar-refractivity contribution >= 4 is 5.84 Å². The maximum atomic E-state index is 8.73. The van der Waals surface area contributed by atoms with Gasteiger partial charge in [0, 0.05) is 32.7 Å². The van der Waals surface area contributed by atoms with E-state index in [1.165, 1.54) is 95.7 Å². The molecule has 0 aromatic carbocycles. The summed E-state index contributed by atoms with van der Waals surface area (Å²) < 4.78 is 0. The van der Waals surface area contributed by atoms with Crippen LogP contribution in [-0.2, 0) is 0 Å². The summed E-state index contributed by atoms with van der Waals surface area (Å²) in [5.41, 5.74) is 5.66. The van der Waals surface area contributed by atoms with Crippen molar-refractivity contribution in [1.29, 1.82) is 0 Å². The lowest BCUT2D eigenvalue weighted by molar-refractivity contribution is 0.282. The Kier molecular flexibility index (Phi) is 16.0. The lowest BCUT2D eigenvalue weighted by Gasteiger charge is -2.19. The maximum Gasteiger partial charge on any atom is 0.0990 e. The van der Waals surface area contributed by atoms with Crippen LogP contribution < -0.4 is 5.73 Å². The smallest absolute Gasteiger partial charge is 0.0990 e. The van der Waals surface area contributed by atoms with Crippen LogP contribution >= 0.6 is 0 Å². The lowest BCUT2D eigenvalue weighted by Crippen LogP contribution is -2.32. The van der Waals surface area contributed by atoms with E-state index in [9.17, 15) is 0 Å². The van der Waals surface area contributed by atoms with E-state index in [0.29, 0.717) is 6.61 Å². The summed E-state index contributed by atoms with van der Waals surface area (Å²) in [6.07, 6.45) is 21.3. The Labute approximate surface area is 162 Å². The third-order valence-electron chi connectivity index (χ3n) is 5.49.